The molecular formula is C16H20F3N3O2. The van der Waals surface area contributed by atoms with Crippen molar-refractivity contribution in [3.8, 4) is 0 Å². The molecule has 0 bridgehead atoms. The van der Waals surface area contributed by atoms with Crippen LogP contribution in [0.25, 0.3) is 0 Å². The molecule has 1 spiro atoms. The van der Waals surface area contributed by atoms with E-state index in [0.717, 1.165) is 44.6 Å². The van der Waals surface area contributed by atoms with Crippen molar-refractivity contribution in [3.63, 3.8) is 0 Å². The van der Waals surface area contributed by atoms with Crippen LogP contribution >= 0.6 is 0 Å². The summed E-state index contributed by atoms with van der Waals surface area (Å²) in [6.45, 7) is 6.48. The molecule has 1 atom stereocenters. The Morgan fingerprint density at radius 1 is 1.25 bits per heavy atom. The molecule has 2 aliphatic rings. The normalized spacial score (nSPS) is 24.9. The largest absolute Gasteiger partial charge is 0.423 e. The van der Waals surface area contributed by atoms with E-state index in [1.54, 1.807) is 0 Å². The Morgan fingerprint density at radius 2 is 1.96 bits per heavy atom. The van der Waals surface area contributed by atoms with E-state index < -0.39 is 22.4 Å². The van der Waals surface area contributed by atoms with Gasteiger partial charge >= 0.3 is 6.18 Å². The summed E-state index contributed by atoms with van der Waals surface area (Å²) >= 11 is 0. The Labute approximate surface area is 138 Å². The van der Waals surface area contributed by atoms with Crippen molar-refractivity contribution in [2.24, 2.45) is 5.41 Å². The van der Waals surface area contributed by atoms with Gasteiger partial charge in [0, 0.05) is 36.8 Å². The molecule has 1 aromatic carbocycles. The maximum absolute atomic E-state index is 13.1. The van der Waals surface area contributed by atoms with E-state index in [0.29, 0.717) is 18.8 Å². The van der Waals surface area contributed by atoms with Gasteiger partial charge < -0.3 is 9.80 Å². The third-order valence-corrected chi connectivity index (χ3v) is 5.25. The maximum Gasteiger partial charge on any atom is 0.423 e. The Kier molecular flexibility index (Phi) is 4.19. The molecule has 1 aromatic rings. The minimum Gasteiger partial charge on any atom is -0.371 e. The molecule has 2 fully saturated rings. The number of anilines is 1. The minimum atomic E-state index is -4.73. The van der Waals surface area contributed by atoms with Gasteiger partial charge in [-0.25, -0.2) is 0 Å². The van der Waals surface area contributed by atoms with Crippen LogP contribution in [0, 0.1) is 15.5 Å². The fourth-order valence-corrected chi connectivity index (χ4v) is 3.89. The summed E-state index contributed by atoms with van der Waals surface area (Å²) in [4.78, 5) is 14.2. The summed E-state index contributed by atoms with van der Waals surface area (Å²) in [6, 6.07) is 3.32. The summed E-state index contributed by atoms with van der Waals surface area (Å²) in [5, 5.41) is 10.9. The second-order valence-electron chi connectivity index (χ2n) is 6.75. The molecule has 0 radical (unpaired) electrons. The van der Waals surface area contributed by atoms with Crippen LogP contribution in [0.4, 0.5) is 24.5 Å². The van der Waals surface area contributed by atoms with Crippen molar-refractivity contribution in [2.75, 3.05) is 37.6 Å². The molecule has 0 aromatic heterocycles. The number of nitro benzene ring substituents is 1. The van der Waals surface area contributed by atoms with Crippen molar-refractivity contribution in [3.05, 3.63) is 33.9 Å². The van der Waals surface area contributed by atoms with Gasteiger partial charge in [-0.1, -0.05) is 6.92 Å². The first kappa shape index (κ1) is 17.0. The lowest BCUT2D eigenvalue weighted by Crippen LogP contribution is -2.31. The van der Waals surface area contributed by atoms with Gasteiger partial charge in [0.25, 0.3) is 5.69 Å². The second kappa shape index (κ2) is 5.91. The number of rotatable bonds is 3. The van der Waals surface area contributed by atoms with E-state index in [9.17, 15) is 23.3 Å². The first-order chi connectivity index (χ1) is 11.2. The van der Waals surface area contributed by atoms with Gasteiger partial charge in [0.2, 0.25) is 0 Å². The third kappa shape index (κ3) is 3.07. The molecule has 5 nitrogen and oxygen atoms in total. The summed E-state index contributed by atoms with van der Waals surface area (Å²) in [5.41, 5.74) is -1.51. The van der Waals surface area contributed by atoms with Crippen LogP contribution < -0.4 is 4.90 Å². The van der Waals surface area contributed by atoms with Gasteiger partial charge in [-0.15, -0.1) is 0 Å². The van der Waals surface area contributed by atoms with Gasteiger partial charge in [0.1, 0.15) is 5.56 Å². The highest BCUT2D eigenvalue weighted by Crippen LogP contribution is 2.43. The fraction of sp³-hybridized carbons (Fsp3) is 0.625. The van der Waals surface area contributed by atoms with Crippen molar-refractivity contribution < 1.29 is 18.1 Å². The average molecular weight is 343 g/mol. The number of benzene rings is 1. The van der Waals surface area contributed by atoms with E-state index in [4.69, 9.17) is 0 Å². The van der Waals surface area contributed by atoms with Crippen LogP contribution in [0.3, 0.4) is 0 Å². The van der Waals surface area contributed by atoms with Gasteiger partial charge in [0.15, 0.2) is 0 Å². The SMILES string of the molecule is CCN1CCC2(CCN(c3ccc([N+](=O)[O-])c(C(F)(F)F)c3)C2)C1. The quantitative estimate of drug-likeness (QED) is 0.622. The first-order valence-electron chi connectivity index (χ1n) is 8.07. The van der Waals surface area contributed by atoms with Crippen LogP contribution in [0.15, 0.2) is 18.2 Å². The van der Waals surface area contributed by atoms with Gasteiger partial charge in [-0.3, -0.25) is 10.1 Å². The Balaban J connectivity index is 1.85. The summed E-state index contributed by atoms with van der Waals surface area (Å²) < 4.78 is 39.4. The van der Waals surface area contributed by atoms with Crippen LogP contribution in [0.2, 0.25) is 0 Å². The van der Waals surface area contributed by atoms with Crippen LogP contribution in [-0.4, -0.2) is 42.5 Å². The minimum absolute atomic E-state index is 0.135. The molecule has 24 heavy (non-hydrogen) atoms. The predicted molar refractivity (Wildman–Crippen MR) is 84.1 cm³/mol. The number of alkyl halides is 3. The van der Waals surface area contributed by atoms with Crippen molar-refractivity contribution >= 4 is 11.4 Å². The maximum atomic E-state index is 13.1. The highest BCUT2D eigenvalue weighted by atomic mass is 19.4. The van der Waals surface area contributed by atoms with Crippen molar-refractivity contribution in [2.45, 2.75) is 25.9 Å². The molecule has 2 heterocycles. The average Bonchev–Trinajstić information content (AvgIpc) is 3.13. The molecule has 0 amide bonds. The lowest BCUT2D eigenvalue weighted by Gasteiger charge is -2.25. The zero-order chi connectivity index (χ0) is 17.5. The van der Waals surface area contributed by atoms with Crippen LogP contribution in [0.5, 0.6) is 0 Å². The molecule has 2 aliphatic heterocycles. The molecule has 0 N–H and O–H groups in total. The van der Waals surface area contributed by atoms with Gasteiger partial charge in [0.05, 0.1) is 4.92 Å². The lowest BCUT2D eigenvalue weighted by molar-refractivity contribution is -0.388. The first-order valence-corrected chi connectivity index (χ1v) is 8.07. The lowest BCUT2D eigenvalue weighted by atomic mass is 9.86. The number of nitrogens with zero attached hydrogens (tertiary/aromatic N) is 3. The Morgan fingerprint density at radius 3 is 2.54 bits per heavy atom. The van der Waals surface area contributed by atoms with Crippen LogP contribution in [-0.2, 0) is 6.18 Å². The van der Waals surface area contributed by atoms with E-state index in [-0.39, 0.29) is 5.41 Å². The topological polar surface area (TPSA) is 49.6 Å². The summed E-state index contributed by atoms with van der Waals surface area (Å²) in [7, 11) is 0. The molecular weight excluding hydrogens is 323 g/mol. The Hall–Kier alpha value is -1.83. The van der Waals surface area contributed by atoms with Gasteiger partial charge in [-0.2, -0.15) is 13.2 Å². The standard InChI is InChI=1S/C16H20F3N3O2/c1-2-20-7-5-15(10-20)6-8-21(11-15)12-3-4-14(22(23)24)13(9-12)16(17,18)19/h3-4,9H,2,5-8,10-11H2,1H3. The number of likely N-dealkylation sites (tertiary alicyclic amines) is 1. The summed E-state index contributed by atoms with van der Waals surface area (Å²) in [6.07, 6.45) is -2.74. The van der Waals surface area contributed by atoms with E-state index in [2.05, 4.69) is 11.8 Å². The third-order valence-electron chi connectivity index (χ3n) is 5.25. The smallest absolute Gasteiger partial charge is 0.371 e. The zero-order valence-corrected chi connectivity index (χ0v) is 13.5. The molecule has 0 aliphatic carbocycles. The molecule has 3 rings (SSSR count). The van der Waals surface area contributed by atoms with E-state index in [1.165, 1.54) is 6.07 Å². The molecule has 132 valence electrons. The van der Waals surface area contributed by atoms with Crippen molar-refractivity contribution in [1.82, 2.24) is 4.90 Å². The number of halogens is 3. The molecule has 1 unspecified atom stereocenters. The predicted octanol–water partition coefficient (Wildman–Crippen LogP) is 3.54. The number of hydrogen-bond donors (Lipinski definition) is 0. The van der Waals surface area contributed by atoms with Crippen molar-refractivity contribution in [1.29, 1.82) is 0 Å². The van der Waals surface area contributed by atoms with Crippen LogP contribution in [0.1, 0.15) is 25.3 Å². The zero-order valence-electron chi connectivity index (χ0n) is 13.5. The molecule has 2 saturated heterocycles. The molecule has 0 saturated carbocycles. The van der Waals surface area contributed by atoms with Gasteiger partial charge in [-0.05, 0) is 38.1 Å². The molecule has 8 heteroatoms. The summed E-state index contributed by atoms with van der Waals surface area (Å²) in [5.74, 6) is 0. The Bertz CT molecular complexity index is 650. The number of nitro groups is 1. The van der Waals surface area contributed by atoms with E-state index >= 15 is 0 Å². The highest BCUT2D eigenvalue weighted by Gasteiger charge is 2.44. The van der Waals surface area contributed by atoms with E-state index in [1.807, 2.05) is 4.90 Å². The number of hydrogen-bond acceptors (Lipinski definition) is 4. The highest BCUT2D eigenvalue weighted by molar-refractivity contribution is 5.57. The fourth-order valence-electron chi connectivity index (χ4n) is 3.89. The second-order valence-corrected chi connectivity index (χ2v) is 6.75. The monoisotopic (exact) mass is 343 g/mol.